The molecule has 110 valence electrons. The molecule has 2 atom stereocenters. The maximum Gasteiger partial charge on any atom is 0.306 e. The first-order valence-electron chi connectivity index (χ1n) is 6.78. The summed E-state index contributed by atoms with van der Waals surface area (Å²) in [6, 6.07) is 8.13. The minimum absolute atomic E-state index is 0.125. The molecule has 0 heterocycles. The van der Waals surface area contributed by atoms with Crippen LogP contribution in [0.4, 0.5) is 0 Å². The number of carboxylic acid groups (broad SMARTS) is 1. The summed E-state index contributed by atoms with van der Waals surface area (Å²) in [5.41, 5.74) is 0. The van der Waals surface area contributed by atoms with Gasteiger partial charge in [-0.1, -0.05) is 31.0 Å². The molecule has 2 N–H and O–H groups in total. The van der Waals surface area contributed by atoms with Crippen LogP contribution < -0.4 is 4.72 Å². The Morgan fingerprint density at radius 1 is 1.20 bits per heavy atom. The van der Waals surface area contributed by atoms with Crippen LogP contribution in [0.2, 0.25) is 0 Å². The molecule has 0 spiro atoms. The van der Waals surface area contributed by atoms with Crippen molar-refractivity contribution in [1.29, 1.82) is 0 Å². The summed E-state index contributed by atoms with van der Waals surface area (Å²) in [6.07, 6.45) is 3.25. The zero-order chi connectivity index (χ0) is 14.6. The van der Waals surface area contributed by atoms with E-state index in [0.29, 0.717) is 6.42 Å². The molecule has 1 fully saturated rings. The van der Waals surface area contributed by atoms with Gasteiger partial charge in [0.1, 0.15) is 0 Å². The van der Waals surface area contributed by atoms with Gasteiger partial charge in [0.25, 0.3) is 0 Å². The van der Waals surface area contributed by atoms with E-state index >= 15 is 0 Å². The molecule has 0 unspecified atom stereocenters. The number of carbonyl (C=O) groups is 1. The van der Waals surface area contributed by atoms with Gasteiger partial charge in [0, 0.05) is 6.54 Å². The first kappa shape index (κ1) is 15.0. The van der Waals surface area contributed by atoms with E-state index in [1.807, 2.05) is 0 Å². The maximum absolute atomic E-state index is 12.1. The average Bonchev–Trinajstić information content (AvgIpc) is 2.46. The predicted octanol–water partition coefficient (Wildman–Crippen LogP) is 1.86. The van der Waals surface area contributed by atoms with Crippen molar-refractivity contribution >= 4 is 16.0 Å². The molecule has 0 radical (unpaired) electrons. The monoisotopic (exact) mass is 297 g/mol. The highest BCUT2D eigenvalue weighted by molar-refractivity contribution is 7.89. The van der Waals surface area contributed by atoms with Gasteiger partial charge in [-0.3, -0.25) is 4.79 Å². The largest absolute Gasteiger partial charge is 0.481 e. The van der Waals surface area contributed by atoms with Crippen molar-refractivity contribution < 1.29 is 18.3 Å². The van der Waals surface area contributed by atoms with Crippen LogP contribution in [0.5, 0.6) is 0 Å². The summed E-state index contributed by atoms with van der Waals surface area (Å²) >= 11 is 0. The summed E-state index contributed by atoms with van der Waals surface area (Å²) in [4.78, 5) is 11.4. The number of benzene rings is 1. The molecular formula is C14H19NO4S. The highest BCUT2D eigenvalue weighted by Gasteiger charge is 2.31. The Labute approximate surface area is 119 Å². The van der Waals surface area contributed by atoms with Crippen LogP contribution >= 0.6 is 0 Å². The fraction of sp³-hybridized carbons (Fsp3) is 0.500. The second-order valence-electron chi connectivity index (χ2n) is 5.15. The van der Waals surface area contributed by atoms with Crippen LogP contribution in [-0.4, -0.2) is 26.0 Å². The molecule has 6 heteroatoms. The standard InChI is InChI=1S/C14H19NO4S/c16-14(17)13-9-5-4-6-11(13)10-15-20(18,19)12-7-2-1-3-8-12/h1-3,7-8,11,13,15H,4-6,9-10H2,(H,16,17)/t11-,13-/m0/s1. The molecule has 20 heavy (non-hydrogen) atoms. The number of carboxylic acids is 1. The van der Waals surface area contributed by atoms with Gasteiger partial charge in [-0.25, -0.2) is 13.1 Å². The summed E-state index contributed by atoms with van der Waals surface area (Å²) in [6.45, 7) is 0.189. The molecule has 0 amide bonds. The number of sulfonamides is 1. The highest BCUT2D eigenvalue weighted by atomic mass is 32.2. The molecule has 1 aromatic rings. The molecule has 0 aliphatic heterocycles. The van der Waals surface area contributed by atoms with Gasteiger partial charge in [-0.2, -0.15) is 0 Å². The molecule has 0 saturated heterocycles. The van der Waals surface area contributed by atoms with Gasteiger partial charge in [0.15, 0.2) is 0 Å². The van der Waals surface area contributed by atoms with Crippen molar-refractivity contribution in [2.24, 2.45) is 11.8 Å². The second kappa shape index (κ2) is 6.37. The first-order chi connectivity index (χ1) is 9.50. The third-order valence-electron chi connectivity index (χ3n) is 3.82. The van der Waals surface area contributed by atoms with E-state index < -0.39 is 21.9 Å². The molecule has 5 nitrogen and oxygen atoms in total. The van der Waals surface area contributed by atoms with Gasteiger partial charge in [-0.05, 0) is 30.9 Å². The van der Waals surface area contributed by atoms with Gasteiger partial charge >= 0.3 is 5.97 Å². The van der Waals surface area contributed by atoms with Crippen LogP contribution in [0, 0.1) is 11.8 Å². The number of hydrogen-bond donors (Lipinski definition) is 2. The molecular weight excluding hydrogens is 278 g/mol. The quantitative estimate of drug-likeness (QED) is 0.869. The summed E-state index contributed by atoms with van der Waals surface area (Å²) in [7, 11) is -3.55. The minimum Gasteiger partial charge on any atom is -0.481 e. The first-order valence-corrected chi connectivity index (χ1v) is 8.26. The van der Waals surface area contributed by atoms with Crippen LogP contribution in [0.3, 0.4) is 0 Å². The number of aliphatic carboxylic acids is 1. The Balaban J connectivity index is 2.02. The van der Waals surface area contributed by atoms with Crippen LogP contribution in [-0.2, 0) is 14.8 Å². The Hall–Kier alpha value is -1.40. The van der Waals surface area contributed by atoms with Crippen molar-refractivity contribution in [3.05, 3.63) is 30.3 Å². The minimum atomic E-state index is -3.55. The molecule has 1 aliphatic carbocycles. The van der Waals surface area contributed by atoms with Gasteiger partial charge in [-0.15, -0.1) is 0 Å². The van der Waals surface area contributed by atoms with Crippen molar-refractivity contribution in [3.63, 3.8) is 0 Å². The van der Waals surface area contributed by atoms with Crippen molar-refractivity contribution in [2.45, 2.75) is 30.6 Å². The molecule has 1 saturated carbocycles. The number of hydrogen-bond acceptors (Lipinski definition) is 3. The van der Waals surface area contributed by atoms with Crippen molar-refractivity contribution in [3.8, 4) is 0 Å². The maximum atomic E-state index is 12.1. The van der Waals surface area contributed by atoms with Gasteiger partial charge < -0.3 is 5.11 Å². The zero-order valence-electron chi connectivity index (χ0n) is 11.2. The third kappa shape index (κ3) is 3.58. The molecule has 1 aliphatic rings. The third-order valence-corrected chi connectivity index (χ3v) is 5.25. The molecule has 0 aromatic heterocycles. The zero-order valence-corrected chi connectivity index (χ0v) is 12.0. The van der Waals surface area contributed by atoms with E-state index in [1.54, 1.807) is 18.2 Å². The van der Waals surface area contributed by atoms with E-state index in [4.69, 9.17) is 0 Å². The van der Waals surface area contributed by atoms with E-state index in [1.165, 1.54) is 12.1 Å². The Bertz CT molecular complexity index is 556. The summed E-state index contributed by atoms with van der Waals surface area (Å²) in [5.74, 6) is -1.39. The lowest BCUT2D eigenvalue weighted by Gasteiger charge is -2.28. The number of nitrogens with one attached hydrogen (secondary N) is 1. The molecule has 0 bridgehead atoms. The summed E-state index contributed by atoms with van der Waals surface area (Å²) < 4.78 is 26.7. The lowest BCUT2D eigenvalue weighted by atomic mass is 9.79. The number of rotatable bonds is 5. The lowest BCUT2D eigenvalue weighted by molar-refractivity contribution is -0.144. The highest BCUT2D eigenvalue weighted by Crippen LogP contribution is 2.30. The lowest BCUT2D eigenvalue weighted by Crippen LogP contribution is -2.37. The Kier molecular flexibility index (Phi) is 4.77. The van der Waals surface area contributed by atoms with Crippen molar-refractivity contribution in [2.75, 3.05) is 6.54 Å². The topological polar surface area (TPSA) is 83.5 Å². The van der Waals surface area contributed by atoms with E-state index in [-0.39, 0.29) is 17.4 Å². The van der Waals surface area contributed by atoms with Gasteiger partial charge in [0.05, 0.1) is 10.8 Å². The smallest absolute Gasteiger partial charge is 0.306 e. The van der Waals surface area contributed by atoms with Gasteiger partial charge in [0.2, 0.25) is 10.0 Å². The Morgan fingerprint density at radius 2 is 1.85 bits per heavy atom. The van der Waals surface area contributed by atoms with Crippen LogP contribution in [0.15, 0.2) is 35.2 Å². The second-order valence-corrected chi connectivity index (χ2v) is 6.92. The van der Waals surface area contributed by atoms with Crippen LogP contribution in [0.25, 0.3) is 0 Å². The SMILES string of the molecule is O=C(O)[C@H]1CCCC[C@H]1CNS(=O)(=O)c1ccccc1. The average molecular weight is 297 g/mol. The van der Waals surface area contributed by atoms with E-state index in [2.05, 4.69) is 4.72 Å². The normalized spacial score (nSPS) is 23.4. The molecule has 1 aromatic carbocycles. The molecule has 2 rings (SSSR count). The van der Waals surface area contributed by atoms with E-state index in [9.17, 15) is 18.3 Å². The van der Waals surface area contributed by atoms with Crippen LogP contribution in [0.1, 0.15) is 25.7 Å². The van der Waals surface area contributed by atoms with E-state index in [0.717, 1.165) is 19.3 Å². The summed E-state index contributed by atoms with van der Waals surface area (Å²) in [5, 5.41) is 9.18. The Morgan fingerprint density at radius 3 is 2.50 bits per heavy atom. The predicted molar refractivity (Wildman–Crippen MR) is 74.7 cm³/mol. The fourth-order valence-corrected chi connectivity index (χ4v) is 3.79. The fourth-order valence-electron chi connectivity index (χ4n) is 2.68. The van der Waals surface area contributed by atoms with Crippen molar-refractivity contribution in [1.82, 2.24) is 4.72 Å².